The van der Waals surface area contributed by atoms with Crippen LogP contribution < -0.4 is 11.3 Å². The molecule has 1 saturated heterocycles. The third-order valence-corrected chi connectivity index (χ3v) is 3.45. The second-order valence-electron chi connectivity index (χ2n) is 4.69. The van der Waals surface area contributed by atoms with E-state index in [1.54, 1.807) is 22.9 Å². The lowest BCUT2D eigenvalue weighted by Crippen LogP contribution is -2.24. The van der Waals surface area contributed by atoms with Gasteiger partial charge in [0.05, 0.1) is 23.6 Å². The Morgan fingerprint density at radius 1 is 1.58 bits per heavy atom. The Labute approximate surface area is 108 Å². The van der Waals surface area contributed by atoms with Gasteiger partial charge in [-0.15, -0.1) is 0 Å². The Morgan fingerprint density at radius 3 is 3.05 bits per heavy atom. The minimum Gasteiger partial charge on any atom is -0.394 e. The number of aromatic amines is 1. The molecule has 0 aliphatic carbocycles. The fourth-order valence-corrected chi connectivity index (χ4v) is 2.49. The van der Waals surface area contributed by atoms with Crippen LogP contribution in [0.5, 0.6) is 0 Å². The summed E-state index contributed by atoms with van der Waals surface area (Å²) in [6, 6.07) is 3.33. The van der Waals surface area contributed by atoms with Gasteiger partial charge in [-0.2, -0.15) is 0 Å². The number of fused-ring (bicyclic) bond motifs is 1. The van der Waals surface area contributed by atoms with Crippen molar-refractivity contribution in [2.24, 2.45) is 0 Å². The van der Waals surface area contributed by atoms with Crippen molar-refractivity contribution in [3.63, 3.8) is 0 Å². The maximum absolute atomic E-state index is 11.7. The molecule has 3 atom stereocenters. The third-order valence-electron chi connectivity index (χ3n) is 3.45. The summed E-state index contributed by atoms with van der Waals surface area (Å²) in [5.41, 5.74) is 6.02. The van der Waals surface area contributed by atoms with Crippen molar-refractivity contribution in [1.29, 1.82) is 0 Å². The van der Waals surface area contributed by atoms with Crippen molar-refractivity contribution in [3.8, 4) is 0 Å². The van der Waals surface area contributed by atoms with Gasteiger partial charge in [-0.05, 0) is 6.07 Å². The Morgan fingerprint density at radius 2 is 2.37 bits per heavy atom. The number of pyridine rings is 1. The fraction of sp³-hybridized carbons (Fsp3) is 0.417. The van der Waals surface area contributed by atoms with Crippen molar-refractivity contribution in [2.75, 3.05) is 12.3 Å². The maximum atomic E-state index is 11.7. The van der Waals surface area contributed by atoms with E-state index >= 15 is 0 Å². The number of nitrogens with zero attached hydrogens (tertiary/aromatic N) is 1. The molecule has 3 heterocycles. The average molecular weight is 265 g/mol. The molecule has 0 aromatic carbocycles. The highest BCUT2D eigenvalue weighted by atomic mass is 16.5. The molecular weight excluding hydrogens is 250 g/mol. The third kappa shape index (κ3) is 1.92. The summed E-state index contributed by atoms with van der Waals surface area (Å²) in [7, 11) is 0. The molecule has 102 valence electrons. The smallest absolute Gasteiger partial charge is 0.258 e. The fourth-order valence-electron chi connectivity index (χ4n) is 2.49. The normalized spacial score (nSPS) is 27.2. The molecule has 2 aromatic rings. The monoisotopic (exact) mass is 265 g/mol. The molecule has 0 radical (unpaired) electrons. The van der Waals surface area contributed by atoms with Crippen molar-refractivity contribution in [3.05, 3.63) is 28.7 Å². The number of hydrogen-bond acceptors (Lipinski definition) is 5. The van der Waals surface area contributed by atoms with Crippen LogP contribution in [0, 0.1) is 0 Å². The van der Waals surface area contributed by atoms with Crippen molar-refractivity contribution in [2.45, 2.75) is 24.9 Å². The highest BCUT2D eigenvalue weighted by Gasteiger charge is 2.34. The Hall–Kier alpha value is -1.83. The van der Waals surface area contributed by atoms with Gasteiger partial charge >= 0.3 is 0 Å². The Kier molecular flexibility index (Phi) is 2.81. The summed E-state index contributed by atoms with van der Waals surface area (Å²) in [4.78, 5) is 14.3. The van der Waals surface area contributed by atoms with Crippen molar-refractivity contribution in [1.82, 2.24) is 9.55 Å². The lowest BCUT2D eigenvalue weighted by molar-refractivity contribution is -0.0428. The number of rotatable bonds is 2. The molecule has 7 nitrogen and oxygen atoms in total. The number of aliphatic hydroxyl groups excluding tert-OH is 2. The van der Waals surface area contributed by atoms with Gasteiger partial charge in [0.25, 0.3) is 5.56 Å². The van der Waals surface area contributed by atoms with Gasteiger partial charge in [0, 0.05) is 18.7 Å². The van der Waals surface area contributed by atoms with Gasteiger partial charge in [0.2, 0.25) is 0 Å². The first-order valence-electron chi connectivity index (χ1n) is 6.04. The van der Waals surface area contributed by atoms with Crippen LogP contribution >= 0.6 is 0 Å². The molecular formula is C12H15N3O4. The molecule has 0 spiro atoms. The molecule has 1 aliphatic heterocycles. The van der Waals surface area contributed by atoms with Gasteiger partial charge in [0.15, 0.2) is 0 Å². The predicted octanol–water partition coefficient (Wildman–Crippen LogP) is -0.448. The number of nitrogen functional groups attached to an aromatic ring is 1. The van der Waals surface area contributed by atoms with E-state index in [0.29, 0.717) is 17.3 Å². The van der Waals surface area contributed by atoms with Crippen LogP contribution in [-0.2, 0) is 4.74 Å². The molecule has 5 N–H and O–H groups in total. The number of aromatic nitrogens is 2. The lowest BCUT2D eigenvalue weighted by atomic mass is 10.2. The van der Waals surface area contributed by atoms with E-state index < -0.39 is 18.4 Å². The van der Waals surface area contributed by atoms with Gasteiger partial charge in [0.1, 0.15) is 18.1 Å². The van der Waals surface area contributed by atoms with Crippen LogP contribution in [0.2, 0.25) is 0 Å². The Balaban J connectivity index is 2.05. The van der Waals surface area contributed by atoms with Crippen LogP contribution in [0.1, 0.15) is 12.6 Å². The first kappa shape index (κ1) is 12.2. The zero-order chi connectivity index (χ0) is 13.6. The molecule has 0 amide bonds. The van der Waals surface area contributed by atoms with Crippen LogP contribution in [0.15, 0.2) is 23.1 Å². The number of ether oxygens (including phenoxy) is 1. The van der Waals surface area contributed by atoms with E-state index in [1.807, 2.05) is 0 Å². The highest BCUT2D eigenvalue weighted by molar-refractivity contribution is 5.81. The standard InChI is InChI=1S/C12H15N3O4/c13-10-3-7-6(12(18)14-10)1-2-15(7)11-4-8(17)9(5-16)19-11/h1-3,8-9,11,16-17H,4-5H2,(H3,13,14,18). The number of nitrogens with one attached hydrogen (secondary N) is 1. The second kappa shape index (κ2) is 4.37. The number of nitrogens with two attached hydrogens (primary N) is 1. The first-order valence-corrected chi connectivity index (χ1v) is 6.04. The number of H-pyrrole nitrogens is 1. The SMILES string of the molecule is Nc1cc2c(ccn2C2CC(O)C(CO)O2)c(=O)[nH]1. The number of aliphatic hydroxyl groups is 2. The minimum atomic E-state index is -0.716. The van der Waals surface area contributed by atoms with E-state index in [2.05, 4.69) is 4.98 Å². The topological polar surface area (TPSA) is 114 Å². The predicted molar refractivity (Wildman–Crippen MR) is 68.6 cm³/mol. The van der Waals surface area contributed by atoms with Gasteiger partial charge in [-0.25, -0.2) is 0 Å². The zero-order valence-electron chi connectivity index (χ0n) is 10.1. The molecule has 2 aromatic heterocycles. The first-order chi connectivity index (χ1) is 9.10. The van der Waals surface area contributed by atoms with Crippen LogP contribution in [0.3, 0.4) is 0 Å². The van der Waals surface area contributed by atoms with Gasteiger partial charge in [-0.1, -0.05) is 0 Å². The highest BCUT2D eigenvalue weighted by Crippen LogP contribution is 2.31. The van der Waals surface area contributed by atoms with Crippen LogP contribution in [-0.4, -0.2) is 38.6 Å². The number of anilines is 1. The zero-order valence-corrected chi connectivity index (χ0v) is 10.1. The molecule has 0 bridgehead atoms. The summed E-state index contributed by atoms with van der Waals surface area (Å²) in [5.74, 6) is 0.273. The molecule has 3 rings (SSSR count). The minimum absolute atomic E-state index is 0.237. The summed E-state index contributed by atoms with van der Waals surface area (Å²) >= 11 is 0. The number of hydrogen-bond donors (Lipinski definition) is 4. The summed E-state index contributed by atoms with van der Waals surface area (Å²) in [6.07, 6.45) is 0.359. The van der Waals surface area contributed by atoms with E-state index in [1.165, 1.54) is 0 Å². The molecule has 7 heteroatoms. The van der Waals surface area contributed by atoms with Gasteiger partial charge < -0.3 is 30.2 Å². The van der Waals surface area contributed by atoms with E-state index in [9.17, 15) is 9.90 Å². The molecule has 19 heavy (non-hydrogen) atoms. The quantitative estimate of drug-likeness (QED) is 0.587. The summed E-state index contributed by atoms with van der Waals surface area (Å²) in [5, 5.41) is 19.3. The molecule has 0 saturated carbocycles. The van der Waals surface area contributed by atoms with E-state index in [-0.39, 0.29) is 18.0 Å². The van der Waals surface area contributed by atoms with Crippen LogP contribution in [0.25, 0.3) is 10.9 Å². The average Bonchev–Trinajstić information content (AvgIpc) is 2.92. The maximum Gasteiger partial charge on any atom is 0.258 e. The van der Waals surface area contributed by atoms with E-state index in [4.69, 9.17) is 15.6 Å². The molecule has 1 aliphatic rings. The summed E-state index contributed by atoms with van der Waals surface area (Å²) < 4.78 is 7.31. The van der Waals surface area contributed by atoms with E-state index in [0.717, 1.165) is 0 Å². The van der Waals surface area contributed by atoms with Crippen molar-refractivity contribution < 1.29 is 14.9 Å². The van der Waals surface area contributed by atoms with Crippen molar-refractivity contribution >= 4 is 16.7 Å². The van der Waals surface area contributed by atoms with Gasteiger partial charge in [-0.3, -0.25) is 4.79 Å². The molecule has 1 fully saturated rings. The van der Waals surface area contributed by atoms with Crippen LogP contribution in [0.4, 0.5) is 5.82 Å². The lowest BCUT2D eigenvalue weighted by Gasteiger charge is -2.15. The largest absolute Gasteiger partial charge is 0.394 e. The second-order valence-corrected chi connectivity index (χ2v) is 4.69. The molecule has 3 unspecified atom stereocenters. The Bertz CT molecular complexity index is 663. The summed E-state index contributed by atoms with van der Waals surface area (Å²) in [6.45, 7) is -0.237.